The summed E-state index contributed by atoms with van der Waals surface area (Å²) in [5.74, 6) is 1.05. The first-order valence-corrected chi connectivity index (χ1v) is 10.2. The van der Waals surface area contributed by atoms with Gasteiger partial charge in [-0.25, -0.2) is 9.13 Å². The van der Waals surface area contributed by atoms with Crippen LogP contribution >= 0.6 is 18.9 Å². The van der Waals surface area contributed by atoms with Crippen LogP contribution in [-0.4, -0.2) is 10.3 Å². The summed E-state index contributed by atoms with van der Waals surface area (Å²) in [4.78, 5) is 0. The molecule has 0 fully saturated rings. The maximum atomic E-state index is 4.61. The summed E-state index contributed by atoms with van der Waals surface area (Å²) in [5, 5.41) is 0. The molecule has 0 amide bonds. The molecule has 0 aromatic carbocycles. The number of aromatic nitrogens is 2. The molecule has 1 heterocycles. The van der Waals surface area contributed by atoms with Gasteiger partial charge in [-0.05, 0) is 25.0 Å². The second-order valence-corrected chi connectivity index (χ2v) is 5.32. The molecule has 123 valence electrons. The molecule has 6 heteroatoms. The van der Waals surface area contributed by atoms with Gasteiger partial charge >= 0.3 is 41.0 Å². The van der Waals surface area contributed by atoms with Gasteiger partial charge < -0.3 is 17.0 Å². The van der Waals surface area contributed by atoms with Crippen molar-refractivity contribution in [3.05, 3.63) is 18.7 Å². The molecular weight excluding hydrogens is 506 g/mol. The molecule has 0 saturated heterocycles. The van der Waals surface area contributed by atoms with Crippen molar-refractivity contribution in [3.8, 4) is 0 Å². The van der Waals surface area contributed by atoms with E-state index < -0.39 is 0 Å². The third-order valence-electron chi connectivity index (χ3n) is 3.15. The number of hydrogen-bond donors (Lipinski definition) is 1. The van der Waals surface area contributed by atoms with Crippen molar-refractivity contribution < 1.29 is 56.2 Å². The van der Waals surface area contributed by atoms with Crippen LogP contribution in [0, 0.1) is 34.7 Å². The first-order chi connectivity index (χ1) is 9.33. The van der Waals surface area contributed by atoms with Gasteiger partial charge in [-0.3, -0.25) is 0 Å². The molecule has 0 aliphatic carbocycles. The molecule has 0 N–H and O–H groups in total. The molecule has 0 aliphatic heterocycles. The molecule has 0 bridgehead atoms. The Balaban J connectivity index is 0. The van der Waals surface area contributed by atoms with Gasteiger partial charge in [-0.2, -0.15) is 12.6 Å². The van der Waals surface area contributed by atoms with Crippen molar-refractivity contribution in [3.63, 3.8) is 0 Å². The van der Waals surface area contributed by atoms with Crippen LogP contribution in [0.5, 0.6) is 0 Å². The van der Waals surface area contributed by atoms with E-state index in [0.29, 0.717) is 0 Å². The summed E-state index contributed by atoms with van der Waals surface area (Å²) in [5.41, 5.74) is 0. The molecule has 0 aliphatic rings. The fourth-order valence-electron chi connectivity index (χ4n) is 2.10. The average molecular weight is 533 g/mol. The normalized spacial score (nSPS) is 9.65. The third kappa shape index (κ3) is 14.5. The van der Waals surface area contributed by atoms with Gasteiger partial charge in [0.05, 0.1) is 13.6 Å². The van der Waals surface area contributed by atoms with Crippen LogP contribution in [0.2, 0.25) is 0 Å². The Labute approximate surface area is 167 Å². The van der Waals surface area contributed by atoms with Crippen molar-refractivity contribution in [1.82, 2.24) is 4.57 Å². The van der Waals surface area contributed by atoms with Gasteiger partial charge in [0, 0.05) is 0 Å². The number of hydrogen-bond acceptors (Lipinski definition) is 1. The fourth-order valence-corrected chi connectivity index (χ4v) is 2.32. The molecule has 1 aromatic rings. The number of rotatable bonds is 10. The molecule has 0 atom stereocenters. The Morgan fingerprint density at radius 2 is 1.50 bits per heavy atom. The van der Waals surface area contributed by atoms with Crippen LogP contribution in [0.1, 0.15) is 51.4 Å². The van der Waals surface area contributed by atoms with E-state index in [1.807, 2.05) is 0 Å². The summed E-state index contributed by atoms with van der Waals surface area (Å²) in [6.07, 6.45) is 22.0. The van der Waals surface area contributed by atoms with Crippen molar-refractivity contribution in [2.24, 2.45) is 7.05 Å². The first kappa shape index (κ1) is 23.9. The van der Waals surface area contributed by atoms with Crippen LogP contribution in [0.3, 0.4) is 0 Å². The number of imidazole rings is 1. The van der Waals surface area contributed by atoms with E-state index in [0.717, 1.165) is 5.75 Å². The maximum absolute atomic E-state index is 4.61. The number of nitrogens with zero attached hydrogens (tertiary/aromatic N) is 2. The Bertz CT molecular complexity index is 300. The van der Waals surface area contributed by atoms with E-state index >= 15 is 0 Å². The van der Waals surface area contributed by atoms with Crippen LogP contribution in [0.25, 0.3) is 0 Å². The van der Waals surface area contributed by atoms with Gasteiger partial charge in [0.15, 0.2) is 0 Å². The predicted octanol–water partition coefficient (Wildman–Crippen LogP) is 1.06. The minimum absolute atomic E-state index is 0. The number of aryl methyl sites for hydroxylation is 2. The molecule has 0 spiro atoms. The monoisotopic (exact) mass is 533 g/mol. The second kappa shape index (κ2) is 18.7. The molecule has 20 heavy (non-hydrogen) atoms. The topological polar surface area (TPSA) is 8.81 Å². The van der Waals surface area contributed by atoms with Crippen molar-refractivity contribution in [2.75, 3.05) is 5.75 Å². The van der Waals surface area contributed by atoms with E-state index in [1.165, 1.54) is 57.9 Å². The Kier molecular flexibility index (Phi) is 22.3. The van der Waals surface area contributed by atoms with Crippen LogP contribution in [0.4, 0.5) is 0 Å². The second-order valence-electron chi connectivity index (χ2n) is 4.87. The van der Waals surface area contributed by atoms with Crippen molar-refractivity contribution in [2.45, 2.75) is 57.9 Å². The predicted molar refractivity (Wildman–Crippen MR) is 82.3 cm³/mol. The van der Waals surface area contributed by atoms with E-state index in [-0.39, 0.29) is 17.0 Å². The molecule has 2 nitrogen and oxygen atoms in total. The van der Waals surface area contributed by atoms with Gasteiger partial charge in [0.25, 0.3) is 0 Å². The zero-order valence-electron chi connectivity index (χ0n) is 12.2. The van der Waals surface area contributed by atoms with E-state index in [1.54, 1.807) is 34.7 Å². The zero-order valence-corrected chi connectivity index (χ0v) is 17.5. The molecule has 0 saturated carbocycles. The Morgan fingerprint density at radius 1 is 1.00 bits per heavy atom. The molecule has 1 rings (SSSR count). The summed E-state index contributed by atoms with van der Waals surface area (Å²) in [6.45, 7) is 1.17. The van der Waals surface area contributed by atoms with Crippen LogP contribution < -0.4 is 21.5 Å². The minimum atomic E-state index is 0. The molecule has 0 radical (unpaired) electrons. The SMILES string of the molecule is Cn1cc[n+](CCCCCCCCCCS)c1.[Br-].[Cl][Dy]. The van der Waals surface area contributed by atoms with Gasteiger partial charge in [-0.15, -0.1) is 0 Å². The van der Waals surface area contributed by atoms with Crippen molar-refractivity contribution >= 4 is 18.9 Å². The standard InChI is InChI=1S/C14H26N2S.BrH.ClH.Dy/c1-15-11-12-16(14-15)10-8-6-4-2-3-5-7-9-13-17;;;/h11-12,14H,2-10,13H2,1H3;2*1H;/q;;;+1/p-1. The fraction of sp³-hybridized carbons (Fsp3) is 0.786. The number of halogens is 2. The Hall–Kier alpha value is 1.60. The van der Waals surface area contributed by atoms with Crippen LogP contribution in [-0.2, 0) is 13.6 Å². The summed E-state index contributed by atoms with van der Waals surface area (Å²) in [7, 11) is 2.07. The van der Waals surface area contributed by atoms with E-state index in [2.05, 4.69) is 53.8 Å². The third-order valence-corrected chi connectivity index (χ3v) is 3.46. The van der Waals surface area contributed by atoms with Gasteiger partial charge in [0.2, 0.25) is 6.33 Å². The number of thiol groups is 1. The van der Waals surface area contributed by atoms with E-state index in [9.17, 15) is 0 Å². The van der Waals surface area contributed by atoms with Gasteiger partial charge in [-0.1, -0.05) is 32.1 Å². The van der Waals surface area contributed by atoms with Crippen molar-refractivity contribution in [1.29, 1.82) is 0 Å². The zero-order chi connectivity index (χ0) is 14.3. The van der Waals surface area contributed by atoms with Crippen LogP contribution in [0.15, 0.2) is 18.7 Å². The molecule has 1 aromatic heterocycles. The first-order valence-electron chi connectivity index (χ1n) is 7.07. The average Bonchev–Trinajstić information content (AvgIpc) is 2.85. The van der Waals surface area contributed by atoms with Gasteiger partial charge in [0.1, 0.15) is 12.4 Å². The Morgan fingerprint density at radius 3 is 1.95 bits per heavy atom. The molecular formula is C14H27BrClDyN2S. The quantitative estimate of drug-likeness (QED) is 0.262. The summed E-state index contributed by atoms with van der Waals surface area (Å²) >= 11 is 5.84. The van der Waals surface area contributed by atoms with E-state index in [4.69, 9.17) is 0 Å². The molecule has 0 unspecified atom stereocenters. The summed E-state index contributed by atoms with van der Waals surface area (Å²) < 4.78 is 4.37. The summed E-state index contributed by atoms with van der Waals surface area (Å²) in [6, 6.07) is 0. The number of unbranched alkanes of at least 4 members (excludes halogenated alkanes) is 7.